The van der Waals surface area contributed by atoms with Crippen molar-refractivity contribution in [2.24, 2.45) is 0 Å². The maximum atomic E-state index is 11.5. The first-order chi connectivity index (χ1) is 6.92. The van der Waals surface area contributed by atoms with E-state index in [4.69, 9.17) is 0 Å². The summed E-state index contributed by atoms with van der Waals surface area (Å²) >= 11 is 0. The second-order valence-electron chi connectivity index (χ2n) is 3.45. The molecule has 0 aliphatic carbocycles. The molecular weight excluding hydrogens is 216 g/mol. The van der Waals surface area contributed by atoms with Gasteiger partial charge in [-0.25, -0.2) is 8.42 Å². The van der Waals surface area contributed by atoms with Gasteiger partial charge in [-0.2, -0.15) is 0 Å². The molecule has 0 unspecified atom stereocenters. The smallest absolute Gasteiger partial charge is 0.186 e. The number of benzene rings is 1. The Kier molecular flexibility index (Phi) is 2.01. The molecule has 0 saturated heterocycles. The average Bonchev–Trinajstić information content (AvgIpc) is 2.37. The highest BCUT2D eigenvalue weighted by Gasteiger charge is 2.33. The van der Waals surface area contributed by atoms with Crippen LogP contribution < -0.4 is 0 Å². The van der Waals surface area contributed by atoms with Gasteiger partial charge in [0.05, 0.1) is 4.90 Å². The fourth-order valence-corrected chi connectivity index (χ4v) is 3.04. The van der Waals surface area contributed by atoms with Crippen molar-refractivity contribution in [2.45, 2.75) is 11.8 Å². The standard InChI is InChI=1S/C10H8O4S/c1-6(11)7-2-3-8-9(12)5-15(13,14)10(8)4-7/h2-4H,5H2,1H3. The summed E-state index contributed by atoms with van der Waals surface area (Å²) in [7, 11) is -3.51. The number of ketones is 2. The lowest BCUT2D eigenvalue weighted by atomic mass is 10.1. The number of fused-ring (bicyclic) bond motifs is 1. The molecule has 0 bridgehead atoms. The highest BCUT2D eigenvalue weighted by atomic mass is 32.2. The fourth-order valence-electron chi connectivity index (χ4n) is 1.56. The highest BCUT2D eigenvalue weighted by Crippen LogP contribution is 2.26. The number of rotatable bonds is 1. The molecule has 1 aliphatic rings. The van der Waals surface area contributed by atoms with E-state index in [0.717, 1.165) is 0 Å². The van der Waals surface area contributed by atoms with Crippen molar-refractivity contribution in [1.29, 1.82) is 0 Å². The topological polar surface area (TPSA) is 68.3 Å². The van der Waals surface area contributed by atoms with E-state index in [1.807, 2.05) is 0 Å². The molecule has 1 aromatic carbocycles. The third-order valence-electron chi connectivity index (χ3n) is 2.34. The summed E-state index contributed by atoms with van der Waals surface area (Å²) in [6.45, 7) is 1.35. The Hall–Kier alpha value is -1.49. The average molecular weight is 224 g/mol. The largest absolute Gasteiger partial charge is 0.295 e. The molecule has 5 heteroatoms. The van der Waals surface area contributed by atoms with Crippen LogP contribution in [0.25, 0.3) is 0 Å². The van der Waals surface area contributed by atoms with Crippen LogP contribution in [0.5, 0.6) is 0 Å². The van der Waals surface area contributed by atoms with Gasteiger partial charge in [-0.05, 0) is 19.1 Å². The first-order valence-electron chi connectivity index (χ1n) is 4.33. The maximum absolute atomic E-state index is 11.5. The Bertz CT molecular complexity index is 569. The Morgan fingerprint density at radius 1 is 1.33 bits per heavy atom. The summed E-state index contributed by atoms with van der Waals surface area (Å²) in [4.78, 5) is 22.3. The lowest BCUT2D eigenvalue weighted by Gasteiger charge is -1.99. The predicted molar refractivity (Wildman–Crippen MR) is 52.8 cm³/mol. The zero-order chi connectivity index (χ0) is 11.2. The van der Waals surface area contributed by atoms with E-state index in [1.54, 1.807) is 0 Å². The summed E-state index contributed by atoms with van der Waals surface area (Å²) < 4.78 is 23.0. The number of hydrogen-bond acceptors (Lipinski definition) is 4. The van der Waals surface area contributed by atoms with Gasteiger partial charge >= 0.3 is 0 Å². The monoisotopic (exact) mass is 224 g/mol. The predicted octanol–water partition coefficient (Wildman–Crippen LogP) is 0.859. The van der Waals surface area contributed by atoms with Gasteiger partial charge in [0.25, 0.3) is 0 Å². The lowest BCUT2D eigenvalue weighted by molar-refractivity contribution is 0.100. The van der Waals surface area contributed by atoms with E-state index in [0.29, 0.717) is 5.56 Å². The normalized spacial score (nSPS) is 17.5. The van der Waals surface area contributed by atoms with Crippen molar-refractivity contribution in [1.82, 2.24) is 0 Å². The van der Waals surface area contributed by atoms with E-state index in [-0.39, 0.29) is 16.2 Å². The van der Waals surface area contributed by atoms with Crippen molar-refractivity contribution in [3.05, 3.63) is 29.3 Å². The van der Waals surface area contributed by atoms with Gasteiger partial charge in [0, 0.05) is 11.1 Å². The molecule has 4 nitrogen and oxygen atoms in total. The minimum absolute atomic E-state index is 0.0137. The van der Waals surface area contributed by atoms with Gasteiger partial charge < -0.3 is 0 Å². The molecule has 1 aromatic rings. The molecular formula is C10H8O4S. The van der Waals surface area contributed by atoms with Gasteiger partial charge in [0.15, 0.2) is 21.4 Å². The van der Waals surface area contributed by atoms with Crippen LogP contribution in [0, 0.1) is 0 Å². The van der Waals surface area contributed by atoms with Crippen LogP contribution in [0.3, 0.4) is 0 Å². The summed E-state index contributed by atoms with van der Waals surface area (Å²) in [5.74, 6) is -1.10. The van der Waals surface area contributed by atoms with Crippen LogP contribution >= 0.6 is 0 Å². The number of sulfone groups is 1. The number of hydrogen-bond donors (Lipinski definition) is 0. The fraction of sp³-hybridized carbons (Fsp3) is 0.200. The second-order valence-corrected chi connectivity index (χ2v) is 5.41. The van der Waals surface area contributed by atoms with Crippen LogP contribution in [0.2, 0.25) is 0 Å². The summed E-state index contributed by atoms with van der Waals surface area (Å²) in [6.07, 6.45) is 0. The van der Waals surface area contributed by atoms with Crippen LogP contribution in [0.4, 0.5) is 0 Å². The number of carbonyl (C=O) groups excluding carboxylic acids is 2. The first kappa shape index (κ1) is 10.0. The first-order valence-corrected chi connectivity index (χ1v) is 5.98. The van der Waals surface area contributed by atoms with Crippen molar-refractivity contribution in [2.75, 3.05) is 5.75 Å². The molecule has 2 rings (SSSR count). The van der Waals surface area contributed by atoms with Crippen molar-refractivity contribution < 1.29 is 18.0 Å². The lowest BCUT2D eigenvalue weighted by Crippen LogP contribution is -2.03. The zero-order valence-electron chi connectivity index (χ0n) is 7.98. The van der Waals surface area contributed by atoms with Crippen molar-refractivity contribution in [3.63, 3.8) is 0 Å². The van der Waals surface area contributed by atoms with Gasteiger partial charge in [0.1, 0.15) is 5.75 Å². The van der Waals surface area contributed by atoms with E-state index in [2.05, 4.69) is 0 Å². The molecule has 0 atom stereocenters. The van der Waals surface area contributed by atoms with Crippen LogP contribution in [0.15, 0.2) is 23.1 Å². The van der Waals surface area contributed by atoms with Gasteiger partial charge in [-0.3, -0.25) is 9.59 Å². The Morgan fingerprint density at radius 2 is 2.00 bits per heavy atom. The third-order valence-corrected chi connectivity index (χ3v) is 3.99. The van der Waals surface area contributed by atoms with E-state index >= 15 is 0 Å². The molecule has 1 aliphatic heterocycles. The Balaban J connectivity index is 2.73. The molecule has 1 heterocycles. The summed E-state index contributed by atoms with van der Waals surface area (Å²) in [6, 6.07) is 4.15. The van der Waals surface area contributed by atoms with Crippen LogP contribution in [-0.4, -0.2) is 25.7 Å². The van der Waals surface area contributed by atoms with E-state index in [9.17, 15) is 18.0 Å². The molecule has 0 fully saturated rings. The Labute approximate surface area is 86.8 Å². The van der Waals surface area contributed by atoms with Gasteiger partial charge in [-0.1, -0.05) is 6.07 Å². The molecule has 0 N–H and O–H groups in total. The van der Waals surface area contributed by atoms with E-state index < -0.39 is 21.4 Å². The molecule has 0 amide bonds. The third kappa shape index (κ3) is 1.48. The summed E-state index contributed by atoms with van der Waals surface area (Å²) in [5.41, 5.74) is 0.507. The molecule has 0 saturated carbocycles. The summed E-state index contributed by atoms with van der Waals surface area (Å²) in [5, 5.41) is 0. The quantitative estimate of drug-likeness (QED) is 0.663. The minimum atomic E-state index is -3.51. The van der Waals surface area contributed by atoms with Crippen molar-refractivity contribution in [3.8, 4) is 0 Å². The van der Waals surface area contributed by atoms with Crippen LogP contribution in [0.1, 0.15) is 27.6 Å². The Morgan fingerprint density at radius 3 is 2.60 bits per heavy atom. The second kappa shape index (κ2) is 3.00. The van der Waals surface area contributed by atoms with Crippen LogP contribution in [-0.2, 0) is 9.84 Å². The SMILES string of the molecule is CC(=O)c1ccc2c(c1)S(=O)(=O)CC2=O. The maximum Gasteiger partial charge on any atom is 0.186 e. The molecule has 15 heavy (non-hydrogen) atoms. The van der Waals surface area contributed by atoms with E-state index in [1.165, 1.54) is 25.1 Å². The van der Waals surface area contributed by atoms with Gasteiger partial charge in [0.2, 0.25) is 0 Å². The highest BCUT2D eigenvalue weighted by molar-refractivity contribution is 7.92. The zero-order valence-corrected chi connectivity index (χ0v) is 8.80. The number of Topliss-reactive ketones (excluding diaryl/α,β-unsaturated/α-hetero) is 2. The van der Waals surface area contributed by atoms with Gasteiger partial charge in [-0.15, -0.1) is 0 Å². The van der Waals surface area contributed by atoms with Crippen molar-refractivity contribution >= 4 is 21.4 Å². The molecule has 0 radical (unpaired) electrons. The molecule has 78 valence electrons. The number of carbonyl (C=O) groups is 2. The molecule has 0 spiro atoms. The molecule has 0 aromatic heterocycles. The minimum Gasteiger partial charge on any atom is -0.295 e.